The minimum Gasteiger partial charge on any atom is -0.396 e. The highest BCUT2D eigenvalue weighted by Crippen LogP contribution is 2.34. The molecule has 1 aromatic heterocycles. The van der Waals surface area contributed by atoms with Crippen molar-refractivity contribution in [2.45, 2.75) is 45.1 Å². The Morgan fingerprint density at radius 2 is 1.70 bits per heavy atom. The number of likely N-dealkylation sites (tertiary alicyclic amines) is 2. The van der Waals surface area contributed by atoms with E-state index in [9.17, 15) is 4.79 Å². The number of oxime groups is 1. The average Bonchev–Trinajstić information content (AvgIpc) is 3.30. The molecule has 2 saturated heterocycles. The largest absolute Gasteiger partial charge is 0.396 e. The van der Waals surface area contributed by atoms with Gasteiger partial charge in [0.25, 0.3) is 5.91 Å². The van der Waals surface area contributed by atoms with E-state index in [1.54, 1.807) is 0 Å². The smallest absolute Gasteiger partial charge is 0.253 e. The van der Waals surface area contributed by atoms with Gasteiger partial charge in [-0.25, -0.2) is 0 Å². The summed E-state index contributed by atoms with van der Waals surface area (Å²) < 4.78 is 3.16. The van der Waals surface area contributed by atoms with E-state index in [1.807, 2.05) is 37.2 Å². The van der Waals surface area contributed by atoms with E-state index < -0.39 is 0 Å². The van der Waals surface area contributed by atoms with Crippen molar-refractivity contribution in [2.24, 2.45) is 18.1 Å². The molecule has 5 rings (SSSR count). The number of amides is 1. The predicted molar refractivity (Wildman–Crippen MR) is 153 cm³/mol. The second-order valence-corrected chi connectivity index (χ2v) is 11.6. The van der Waals surface area contributed by atoms with Crippen LogP contribution in [-0.2, 0) is 11.9 Å². The Morgan fingerprint density at radius 3 is 2.38 bits per heavy atom. The predicted octanol–water partition coefficient (Wildman–Crippen LogP) is 6.09. The molecule has 0 unspecified atom stereocenters. The van der Waals surface area contributed by atoms with E-state index in [2.05, 4.69) is 73.9 Å². The zero-order valence-corrected chi connectivity index (χ0v) is 23.7. The van der Waals surface area contributed by atoms with Crippen molar-refractivity contribution in [3.8, 4) is 0 Å². The van der Waals surface area contributed by atoms with E-state index in [4.69, 9.17) is 4.84 Å². The lowest BCUT2D eigenvalue weighted by atomic mass is 9.82. The van der Waals surface area contributed by atoms with Gasteiger partial charge in [-0.2, -0.15) is 0 Å². The number of nitrogens with zero attached hydrogens (tertiary/aromatic N) is 4. The summed E-state index contributed by atoms with van der Waals surface area (Å²) in [4.78, 5) is 23.5. The Hall–Kier alpha value is -2.64. The van der Waals surface area contributed by atoms with Crippen LogP contribution in [0, 0.1) is 5.92 Å². The van der Waals surface area contributed by atoms with Crippen LogP contribution in [0.2, 0.25) is 0 Å². The number of hydrogen-bond donors (Lipinski definition) is 0. The van der Waals surface area contributed by atoms with Crippen LogP contribution in [0.15, 0.2) is 64.4 Å². The molecule has 3 heterocycles. The number of halogens is 1. The lowest BCUT2D eigenvalue weighted by Gasteiger charge is -2.49. The van der Waals surface area contributed by atoms with E-state index in [0.717, 1.165) is 84.1 Å². The van der Waals surface area contributed by atoms with Gasteiger partial charge in [0.2, 0.25) is 0 Å². The summed E-state index contributed by atoms with van der Waals surface area (Å²) in [5, 5.41) is 5.66. The summed E-state index contributed by atoms with van der Waals surface area (Å²) in [5.74, 6) is 0.542. The normalized spacial score (nSPS) is 19.4. The Morgan fingerprint density at radius 1 is 1.03 bits per heavy atom. The van der Waals surface area contributed by atoms with Crippen molar-refractivity contribution in [2.75, 3.05) is 32.8 Å². The van der Waals surface area contributed by atoms with Gasteiger partial charge in [-0.3, -0.25) is 9.69 Å². The van der Waals surface area contributed by atoms with Crippen molar-refractivity contribution in [3.63, 3.8) is 0 Å². The van der Waals surface area contributed by atoms with E-state index in [0.29, 0.717) is 12.5 Å². The van der Waals surface area contributed by atoms with E-state index in [1.165, 1.54) is 0 Å². The number of rotatable bonds is 6. The minimum absolute atomic E-state index is 0.125. The van der Waals surface area contributed by atoms with Crippen LogP contribution >= 0.6 is 15.9 Å². The molecule has 2 aliphatic rings. The third-order valence-electron chi connectivity index (χ3n) is 8.34. The third kappa shape index (κ3) is 5.48. The number of aryl methyl sites for hydroxylation is 1. The number of benzene rings is 2. The summed E-state index contributed by atoms with van der Waals surface area (Å²) in [6.07, 6.45) is 6.18. The molecular weight excluding hydrogens is 528 g/mol. The number of fused-ring (bicyclic) bond motifs is 1. The molecule has 196 valence electrons. The number of aromatic nitrogens is 1. The summed E-state index contributed by atoms with van der Waals surface area (Å²) in [6.45, 7) is 8.63. The first-order chi connectivity index (χ1) is 17.9. The molecule has 7 heteroatoms. The second-order valence-electron chi connectivity index (χ2n) is 10.7. The van der Waals surface area contributed by atoms with Gasteiger partial charge >= 0.3 is 0 Å². The molecule has 2 aromatic carbocycles. The third-order valence-corrected chi connectivity index (χ3v) is 8.87. The van der Waals surface area contributed by atoms with Gasteiger partial charge in [-0.05, 0) is 94.6 Å². The van der Waals surface area contributed by atoms with Gasteiger partial charge in [-0.1, -0.05) is 33.2 Å². The Labute approximate surface area is 228 Å². The molecule has 2 fully saturated rings. The van der Waals surface area contributed by atoms with E-state index in [-0.39, 0.29) is 11.4 Å². The standard InChI is InChI=1S/C30H37BrN4O2/c1-4-37-32-28(22-5-8-26(31)9-6-22)23-12-17-35(18-13-23)30(2)14-19-34(20-15-30)29(36)25-7-10-27-24(21-25)11-16-33(27)3/h5-11,16,21,23H,4,12-15,17-20H2,1-3H3/b32-28+. The summed E-state index contributed by atoms with van der Waals surface area (Å²) in [6, 6.07) is 16.5. The van der Waals surface area contributed by atoms with Gasteiger partial charge in [0.15, 0.2) is 0 Å². The number of carbonyl (C=O) groups is 1. The molecule has 0 bridgehead atoms. The van der Waals surface area contributed by atoms with Gasteiger partial charge in [0.05, 0.1) is 5.71 Å². The Kier molecular flexibility index (Phi) is 7.72. The van der Waals surface area contributed by atoms with Crippen molar-refractivity contribution >= 4 is 38.5 Å². The van der Waals surface area contributed by atoms with Crippen LogP contribution < -0.4 is 0 Å². The lowest BCUT2D eigenvalue weighted by Crippen LogP contribution is -2.56. The zero-order valence-electron chi connectivity index (χ0n) is 22.1. The summed E-state index contributed by atoms with van der Waals surface area (Å²) >= 11 is 3.53. The summed E-state index contributed by atoms with van der Waals surface area (Å²) in [7, 11) is 2.03. The van der Waals surface area contributed by atoms with E-state index >= 15 is 0 Å². The second kappa shape index (κ2) is 11.0. The van der Waals surface area contributed by atoms with Crippen molar-refractivity contribution in [1.29, 1.82) is 0 Å². The molecular formula is C30H37BrN4O2. The Balaban J connectivity index is 1.20. The van der Waals surface area contributed by atoms with Crippen LogP contribution in [0.4, 0.5) is 0 Å². The first-order valence-corrected chi connectivity index (χ1v) is 14.2. The lowest BCUT2D eigenvalue weighted by molar-refractivity contribution is 0.0161. The Bertz CT molecular complexity index is 1270. The first-order valence-electron chi connectivity index (χ1n) is 13.4. The fraction of sp³-hybridized carbons (Fsp3) is 0.467. The van der Waals surface area contributed by atoms with Crippen LogP contribution in [0.25, 0.3) is 10.9 Å². The summed E-state index contributed by atoms with van der Waals surface area (Å²) in [5.41, 5.74) is 4.27. The quantitative estimate of drug-likeness (QED) is 0.269. The molecule has 0 radical (unpaired) electrons. The molecule has 6 nitrogen and oxygen atoms in total. The SMILES string of the molecule is CCO/N=C(\c1ccc(Br)cc1)C1CCN(C2(C)CCN(C(=O)c3ccc4c(ccn4C)c3)CC2)CC1. The molecule has 0 atom stereocenters. The van der Waals surface area contributed by atoms with Gasteiger partial charge in [0, 0.05) is 58.7 Å². The first kappa shape index (κ1) is 26.0. The number of carbonyl (C=O) groups excluding carboxylic acids is 1. The highest BCUT2D eigenvalue weighted by molar-refractivity contribution is 9.10. The molecule has 1 amide bonds. The molecule has 37 heavy (non-hydrogen) atoms. The molecule has 2 aliphatic heterocycles. The van der Waals surface area contributed by atoms with Crippen LogP contribution in [0.1, 0.15) is 55.5 Å². The topological polar surface area (TPSA) is 50.1 Å². The monoisotopic (exact) mass is 564 g/mol. The number of hydrogen-bond acceptors (Lipinski definition) is 4. The van der Waals surface area contributed by atoms with Crippen LogP contribution in [0.3, 0.4) is 0 Å². The minimum atomic E-state index is 0.125. The van der Waals surface area contributed by atoms with Crippen LogP contribution in [-0.4, -0.2) is 64.3 Å². The zero-order chi connectivity index (χ0) is 26.0. The fourth-order valence-corrected chi connectivity index (χ4v) is 6.18. The average molecular weight is 566 g/mol. The van der Waals surface area contributed by atoms with Gasteiger partial charge < -0.3 is 14.3 Å². The fourth-order valence-electron chi connectivity index (χ4n) is 5.92. The highest BCUT2D eigenvalue weighted by atomic mass is 79.9. The molecule has 0 saturated carbocycles. The van der Waals surface area contributed by atoms with Gasteiger partial charge in [0.1, 0.15) is 6.61 Å². The van der Waals surface area contributed by atoms with Gasteiger partial charge in [-0.15, -0.1) is 0 Å². The molecule has 0 spiro atoms. The molecule has 3 aromatic rings. The highest BCUT2D eigenvalue weighted by Gasteiger charge is 2.39. The van der Waals surface area contributed by atoms with Crippen molar-refractivity contribution in [3.05, 3.63) is 70.3 Å². The number of piperidine rings is 2. The van der Waals surface area contributed by atoms with Crippen LogP contribution in [0.5, 0.6) is 0 Å². The van der Waals surface area contributed by atoms with Crippen molar-refractivity contribution < 1.29 is 9.63 Å². The maximum absolute atomic E-state index is 13.3. The molecule has 0 N–H and O–H groups in total. The van der Waals surface area contributed by atoms with Crippen molar-refractivity contribution in [1.82, 2.24) is 14.4 Å². The molecule has 0 aliphatic carbocycles. The maximum Gasteiger partial charge on any atom is 0.253 e. The maximum atomic E-state index is 13.3.